The number of fused-ring (bicyclic) bond motifs is 1. The maximum atomic E-state index is 12.0. The molecule has 0 aromatic heterocycles. The number of carbonyl (C=O) groups is 1. The van der Waals surface area contributed by atoms with Gasteiger partial charge in [0.2, 0.25) is 0 Å². The highest BCUT2D eigenvalue weighted by Gasteiger charge is 2.31. The fourth-order valence-corrected chi connectivity index (χ4v) is 2.01. The van der Waals surface area contributed by atoms with E-state index in [1.165, 1.54) is 5.39 Å². The van der Waals surface area contributed by atoms with Crippen molar-refractivity contribution in [1.29, 1.82) is 0 Å². The second kappa shape index (κ2) is 4.81. The van der Waals surface area contributed by atoms with Gasteiger partial charge in [-0.3, -0.25) is 4.79 Å². The van der Waals surface area contributed by atoms with Gasteiger partial charge in [-0.05, 0) is 37.1 Å². The summed E-state index contributed by atoms with van der Waals surface area (Å²) in [6.07, 6.45) is 0. The van der Waals surface area contributed by atoms with Crippen molar-refractivity contribution < 1.29 is 9.53 Å². The Balaban J connectivity index is 2.44. The first kappa shape index (κ1) is 12.6. The van der Waals surface area contributed by atoms with Crippen LogP contribution in [0.25, 0.3) is 10.8 Å². The highest BCUT2D eigenvalue weighted by Crippen LogP contribution is 2.27. The van der Waals surface area contributed by atoms with Gasteiger partial charge >= 0.3 is 5.97 Å². The quantitative estimate of drug-likeness (QED) is 0.767. The fraction of sp³-hybridized carbons (Fsp3) is 0.312. The van der Waals surface area contributed by atoms with E-state index in [9.17, 15) is 4.79 Å². The van der Waals surface area contributed by atoms with Gasteiger partial charge in [0.1, 0.15) is 0 Å². The van der Waals surface area contributed by atoms with Crippen molar-refractivity contribution in [2.24, 2.45) is 0 Å². The lowest BCUT2D eigenvalue weighted by atomic mass is 9.84. The topological polar surface area (TPSA) is 26.3 Å². The Kier molecular flexibility index (Phi) is 3.37. The van der Waals surface area contributed by atoms with Gasteiger partial charge in [-0.15, -0.1) is 0 Å². The molecule has 0 aliphatic carbocycles. The van der Waals surface area contributed by atoms with Crippen LogP contribution in [0.1, 0.15) is 26.3 Å². The van der Waals surface area contributed by atoms with Gasteiger partial charge in [-0.2, -0.15) is 0 Å². The lowest BCUT2D eigenvalue weighted by molar-refractivity contribution is -0.148. The fourth-order valence-electron chi connectivity index (χ4n) is 2.01. The van der Waals surface area contributed by atoms with Crippen molar-refractivity contribution in [2.45, 2.75) is 26.2 Å². The first-order valence-corrected chi connectivity index (χ1v) is 6.22. The summed E-state index contributed by atoms with van der Waals surface area (Å²) in [5.74, 6) is -0.180. The normalized spacial score (nSPS) is 11.5. The highest BCUT2D eigenvalue weighted by molar-refractivity contribution is 5.87. The van der Waals surface area contributed by atoms with E-state index in [1.54, 1.807) is 0 Å². The van der Waals surface area contributed by atoms with E-state index in [4.69, 9.17) is 4.74 Å². The van der Waals surface area contributed by atoms with Crippen LogP contribution in [0.4, 0.5) is 0 Å². The van der Waals surface area contributed by atoms with Gasteiger partial charge in [0.05, 0.1) is 12.0 Å². The van der Waals surface area contributed by atoms with E-state index in [0.29, 0.717) is 6.61 Å². The van der Waals surface area contributed by atoms with E-state index in [-0.39, 0.29) is 5.97 Å². The largest absolute Gasteiger partial charge is 0.465 e. The molecule has 0 spiro atoms. The molecule has 0 N–H and O–H groups in total. The molecule has 18 heavy (non-hydrogen) atoms. The molecule has 2 aromatic carbocycles. The maximum absolute atomic E-state index is 12.0. The molecule has 0 atom stereocenters. The molecule has 0 fully saturated rings. The van der Waals surface area contributed by atoms with E-state index in [2.05, 4.69) is 18.2 Å². The summed E-state index contributed by atoms with van der Waals surface area (Å²) in [5.41, 5.74) is 0.375. The zero-order valence-electron chi connectivity index (χ0n) is 11.1. The zero-order valence-corrected chi connectivity index (χ0v) is 11.1. The average Bonchev–Trinajstić information content (AvgIpc) is 2.38. The molecule has 0 aliphatic rings. The molecule has 2 aromatic rings. The SMILES string of the molecule is CCOC(=O)C(C)(C)c1ccc2ccccc2c1. The molecule has 2 heteroatoms. The summed E-state index contributed by atoms with van der Waals surface area (Å²) in [7, 11) is 0. The number of benzene rings is 2. The molecule has 0 unspecified atom stereocenters. The lowest BCUT2D eigenvalue weighted by Gasteiger charge is -2.23. The molecular formula is C16H18O2. The van der Waals surface area contributed by atoms with E-state index in [1.807, 2.05) is 45.0 Å². The third-order valence-corrected chi connectivity index (χ3v) is 3.26. The molecule has 0 bridgehead atoms. The minimum absolute atomic E-state index is 0.180. The second-order valence-corrected chi connectivity index (χ2v) is 4.91. The summed E-state index contributed by atoms with van der Waals surface area (Å²) in [6.45, 7) is 6.04. The Labute approximate surface area is 108 Å². The van der Waals surface area contributed by atoms with Gasteiger partial charge in [0.25, 0.3) is 0 Å². The van der Waals surface area contributed by atoms with Crippen LogP contribution in [-0.4, -0.2) is 12.6 Å². The predicted molar refractivity (Wildman–Crippen MR) is 73.6 cm³/mol. The monoisotopic (exact) mass is 242 g/mol. The number of esters is 1. The smallest absolute Gasteiger partial charge is 0.315 e. The number of carbonyl (C=O) groups excluding carboxylic acids is 1. The molecule has 0 radical (unpaired) electrons. The molecular weight excluding hydrogens is 224 g/mol. The van der Waals surface area contributed by atoms with Crippen LogP contribution < -0.4 is 0 Å². The van der Waals surface area contributed by atoms with Crippen LogP contribution in [0.15, 0.2) is 42.5 Å². The standard InChI is InChI=1S/C16H18O2/c1-4-18-15(17)16(2,3)14-10-9-12-7-5-6-8-13(12)11-14/h5-11H,4H2,1-3H3. The predicted octanol–water partition coefficient (Wildman–Crippen LogP) is 3.68. The minimum Gasteiger partial charge on any atom is -0.465 e. The third-order valence-electron chi connectivity index (χ3n) is 3.26. The Bertz CT molecular complexity index is 570. The number of hydrogen-bond donors (Lipinski definition) is 0. The summed E-state index contributed by atoms with van der Waals surface area (Å²) in [4.78, 5) is 12.0. The van der Waals surface area contributed by atoms with Gasteiger partial charge in [0, 0.05) is 0 Å². The van der Waals surface area contributed by atoms with E-state index >= 15 is 0 Å². The van der Waals surface area contributed by atoms with Gasteiger partial charge < -0.3 is 4.74 Å². The molecule has 0 saturated heterocycles. The van der Waals surface area contributed by atoms with Crippen LogP contribution in [0.3, 0.4) is 0 Å². The lowest BCUT2D eigenvalue weighted by Crippen LogP contribution is -2.31. The van der Waals surface area contributed by atoms with Crippen LogP contribution in [-0.2, 0) is 14.9 Å². The highest BCUT2D eigenvalue weighted by atomic mass is 16.5. The Morgan fingerprint density at radius 1 is 1.11 bits per heavy atom. The summed E-state index contributed by atoms with van der Waals surface area (Å²) in [5, 5.41) is 2.33. The van der Waals surface area contributed by atoms with Crippen molar-refractivity contribution >= 4 is 16.7 Å². The Morgan fingerprint density at radius 3 is 2.44 bits per heavy atom. The number of hydrogen-bond acceptors (Lipinski definition) is 2. The molecule has 94 valence electrons. The van der Waals surface area contributed by atoms with Crippen molar-refractivity contribution in [3.63, 3.8) is 0 Å². The minimum atomic E-state index is -0.611. The summed E-state index contributed by atoms with van der Waals surface area (Å²) >= 11 is 0. The molecule has 0 aliphatic heterocycles. The number of ether oxygens (including phenoxy) is 1. The molecule has 2 rings (SSSR count). The van der Waals surface area contributed by atoms with Crippen molar-refractivity contribution in [3.05, 3.63) is 48.0 Å². The first-order chi connectivity index (χ1) is 8.55. The van der Waals surface area contributed by atoms with Gasteiger partial charge in [-0.1, -0.05) is 42.5 Å². The van der Waals surface area contributed by atoms with Crippen molar-refractivity contribution in [2.75, 3.05) is 6.61 Å². The molecule has 0 heterocycles. The Morgan fingerprint density at radius 2 is 1.78 bits per heavy atom. The zero-order chi connectivity index (χ0) is 13.2. The van der Waals surface area contributed by atoms with Crippen LogP contribution in [0, 0.1) is 0 Å². The van der Waals surface area contributed by atoms with E-state index < -0.39 is 5.41 Å². The van der Waals surface area contributed by atoms with Crippen LogP contribution in [0.2, 0.25) is 0 Å². The summed E-state index contributed by atoms with van der Waals surface area (Å²) in [6, 6.07) is 14.2. The molecule has 0 amide bonds. The number of rotatable bonds is 3. The Hall–Kier alpha value is -1.83. The van der Waals surface area contributed by atoms with Crippen molar-refractivity contribution in [1.82, 2.24) is 0 Å². The van der Waals surface area contributed by atoms with Gasteiger partial charge in [0.15, 0.2) is 0 Å². The average molecular weight is 242 g/mol. The first-order valence-electron chi connectivity index (χ1n) is 6.22. The van der Waals surface area contributed by atoms with Gasteiger partial charge in [-0.25, -0.2) is 0 Å². The van der Waals surface area contributed by atoms with Crippen LogP contribution >= 0.6 is 0 Å². The third kappa shape index (κ3) is 2.23. The summed E-state index contributed by atoms with van der Waals surface area (Å²) < 4.78 is 5.13. The maximum Gasteiger partial charge on any atom is 0.315 e. The van der Waals surface area contributed by atoms with E-state index in [0.717, 1.165) is 10.9 Å². The molecule has 2 nitrogen and oxygen atoms in total. The van der Waals surface area contributed by atoms with Crippen molar-refractivity contribution in [3.8, 4) is 0 Å². The van der Waals surface area contributed by atoms with Crippen LogP contribution in [0.5, 0.6) is 0 Å². The second-order valence-electron chi connectivity index (χ2n) is 4.91. The molecule has 0 saturated carbocycles.